The zero-order valence-corrected chi connectivity index (χ0v) is 11.5. The minimum atomic E-state index is 0.372. The SMILES string of the molecule is Brc1c(C2C=CC=CC=C2)sc2ccccc12. The highest BCUT2D eigenvalue weighted by Crippen LogP contribution is 2.40. The Morgan fingerprint density at radius 1 is 0.941 bits per heavy atom. The lowest BCUT2D eigenvalue weighted by Crippen LogP contribution is -1.86. The predicted octanol–water partition coefficient (Wildman–Crippen LogP) is 5.43. The molecule has 1 aromatic carbocycles. The van der Waals surface area contributed by atoms with Crippen LogP contribution in [0.3, 0.4) is 0 Å². The van der Waals surface area contributed by atoms with Crippen molar-refractivity contribution in [1.82, 2.24) is 0 Å². The summed E-state index contributed by atoms with van der Waals surface area (Å²) in [6, 6.07) is 8.53. The molecule has 0 bridgehead atoms. The first-order valence-corrected chi connectivity index (χ1v) is 7.16. The average Bonchev–Trinajstić information content (AvgIpc) is 2.57. The van der Waals surface area contributed by atoms with Gasteiger partial charge in [0.2, 0.25) is 0 Å². The summed E-state index contributed by atoms with van der Waals surface area (Å²) in [6.07, 6.45) is 12.8. The van der Waals surface area contributed by atoms with Crippen LogP contribution in [0.15, 0.2) is 65.2 Å². The zero-order chi connectivity index (χ0) is 11.7. The van der Waals surface area contributed by atoms with Gasteiger partial charge >= 0.3 is 0 Å². The molecule has 1 aromatic heterocycles. The summed E-state index contributed by atoms with van der Waals surface area (Å²) in [4.78, 5) is 1.38. The van der Waals surface area contributed by atoms with Crippen LogP contribution in [0.1, 0.15) is 10.8 Å². The fraction of sp³-hybridized carbons (Fsp3) is 0.0667. The van der Waals surface area contributed by atoms with Crippen molar-refractivity contribution in [2.75, 3.05) is 0 Å². The van der Waals surface area contributed by atoms with Gasteiger partial charge in [-0.2, -0.15) is 0 Å². The number of allylic oxidation sites excluding steroid dienone is 6. The molecule has 2 aromatic rings. The summed E-state index contributed by atoms with van der Waals surface area (Å²) in [6.45, 7) is 0. The predicted molar refractivity (Wildman–Crippen MR) is 79.7 cm³/mol. The van der Waals surface area contributed by atoms with Crippen LogP contribution in [-0.2, 0) is 0 Å². The lowest BCUT2D eigenvalue weighted by Gasteiger charge is -2.04. The molecule has 1 aliphatic carbocycles. The number of benzene rings is 1. The van der Waals surface area contributed by atoms with Gasteiger partial charge in [0.1, 0.15) is 0 Å². The van der Waals surface area contributed by atoms with Crippen LogP contribution in [0.25, 0.3) is 10.1 Å². The van der Waals surface area contributed by atoms with E-state index in [0.29, 0.717) is 5.92 Å². The van der Waals surface area contributed by atoms with Gasteiger partial charge in [0.25, 0.3) is 0 Å². The molecule has 3 rings (SSSR count). The number of halogens is 1. The Morgan fingerprint density at radius 2 is 1.65 bits per heavy atom. The first-order valence-electron chi connectivity index (χ1n) is 5.55. The Morgan fingerprint density at radius 3 is 2.35 bits per heavy atom. The Hall–Kier alpha value is -1.12. The van der Waals surface area contributed by atoms with Crippen LogP contribution in [0, 0.1) is 0 Å². The molecule has 1 heterocycles. The summed E-state index contributed by atoms with van der Waals surface area (Å²) in [7, 11) is 0. The molecule has 0 nitrogen and oxygen atoms in total. The highest BCUT2D eigenvalue weighted by molar-refractivity contribution is 9.10. The Bertz CT molecular complexity index is 615. The van der Waals surface area contributed by atoms with E-state index in [0.717, 1.165) is 0 Å². The quantitative estimate of drug-likeness (QED) is 0.659. The number of hydrogen-bond acceptors (Lipinski definition) is 1. The van der Waals surface area contributed by atoms with E-state index in [1.54, 1.807) is 0 Å². The number of hydrogen-bond donors (Lipinski definition) is 0. The van der Waals surface area contributed by atoms with E-state index in [1.807, 2.05) is 11.3 Å². The molecular weight excluding hydrogens is 292 g/mol. The van der Waals surface area contributed by atoms with Gasteiger partial charge < -0.3 is 0 Å². The largest absolute Gasteiger partial charge is 0.138 e. The van der Waals surface area contributed by atoms with E-state index < -0.39 is 0 Å². The van der Waals surface area contributed by atoms with Crippen LogP contribution in [-0.4, -0.2) is 0 Å². The molecule has 0 aliphatic heterocycles. The molecule has 2 heteroatoms. The van der Waals surface area contributed by atoms with E-state index in [9.17, 15) is 0 Å². The van der Waals surface area contributed by atoms with Crippen molar-refractivity contribution in [2.24, 2.45) is 0 Å². The number of fused-ring (bicyclic) bond motifs is 1. The second kappa shape index (κ2) is 4.63. The summed E-state index contributed by atoms with van der Waals surface area (Å²) in [5.74, 6) is 0.372. The van der Waals surface area contributed by atoms with Gasteiger partial charge in [-0.3, -0.25) is 0 Å². The second-order valence-corrected chi connectivity index (χ2v) is 5.83. The van der Waals surface area contributed by atoms with Crippen molar-refractivity contribution in [3.63, 3.8) is 0 Å². The van der Waals surface area contributed by atoms with E-state index in [2.05, 4.69) is 76.7 Å². The fourth-order valence-corrected chi connectivity index (χ4v) is 4.12. The summed E-state index contributed by atoms with van der Waals surface area (Å²) < 4.78 is 2.58. The van der Waals surface area contributed by atoms with Crippen LogP contribution < -0.4 is 0 Å². The maximum Gasteiger partial charge on any atom is 0.0402 e. The van der Waals surface area contributed by atoms with Crippen molar-refractivity contribution in [2.45, 2.75) is 5.92 Å². The molecule has 0 atom stereocenters. The normalized spacial score (nSPS) is 15.6. The monoisotopic (exact) mass is 302 g/mol. The lowest BCUT2D eigenvalue weighted by molar-refractivity contribution is 1.12. The molecular formula is C15H11BrS. The van der Waals surface area contributed by atoms with Crippen molar-refractivity contribution >= 4 is 37.4 Å². The first-order chi connectivity index (χ1) is 8.36. The standard InChI is InChI=1S/C15H11BrS/c16-14-12-9-5-6-10-13(12)17-15(14)11-7-3-1-2-4-8-11/h1-11H. The number of rotatable bonds is 1. The third-order valence-electron chi connectivity index (χ3n) is 2.83. The van der Waals surface area contributed by atoms with Gasteiger partial charge in [-0.25, -0.2) is 0 Å². The van der Waals surface area contributed by atoms with Gasteiger partial charge in [-0.15, -0.1) is 11.3 Å². The van der Waals surface area contributed by atoms with Crippen LogP contribution >= 0.6 is 27.3 Å². The second-order valence-electron chi connectivity index (χ2n) is 3.96. The average molecular weight is 303 g/mol. The van der Waals surface area contributed by atoms with E-state index in [4.69, 9.17) is 0 Å². The fourth-order valence-electron chi connectivity index (χ4n) is 1.98. The molecule has 0 amide bonds. The zero-order valence-electron chi connectivity index (χ0n) is 9.14. The molecule has 0 radical (unpaired) electrons. The van der Waals surface area contributed by atoms with Crippen molar-refractivity contribution in [3.8, 4) is 0 Å². The third kappa shape index (κ3) is 2.03. The Kier molecular flexibility index (Phi) is 3.00. The van der Waals surface area contributed by atoms with Crippen molar-refractivity contribution in [1.29, 1.82) is 0 Å². The summed E-state index contributed by atoms with van der Waals surface area (Å²) >= 11 is 5.60. The molecule has 1 aliphatic rings. The number of thiophene rings is 1. The van der Waals surface area contributed by atoms with E-state index in [1.165, 1.54) is 19.4 Å². The van der Waals surface area contributed by atoms with Gasteiger partial charge in [0.05, 0.1) is 0 Å². The minimum absolute atomic E-state index is 0.372. The van der Waals surface area contributed by atoms with Gasteiger partial charge in [0.15, 0.2) is 0 Å². The smallest absolute Gasteiger partial charge is 0.0402 e. The van der Waals surface area contributed by atoms with E-state index >= 15 is 0 Å². The third-order valence-corrected chi connectivity index (χ3v) is 5.22. The van der Waals surface area contributed by atoms with Crippen LogP contribution in [0.4, 0.5) is 0 Å². The molecule has 0 saturated carbocycles. The molecule has 0 unspecified atom stereocenters. The highest BCUT2D eigenvalue weighted by atomic mass is 79.9. The van der Waals surface area contributed by atoms with E-state index in [-0.39, 0.29) is 0 Å². The van der Waals surface area contributed by atoms with Gasteiger partial charge in [-0.1, -0.05) is 54.7 Å². The molecule has 0 fully saturated rings. The van der Waals surface area contributed by atoms with Crippen molar-refractivity contribution < 1.29 is 0 Å². The summed E-state index contributed by atoms with van der Waals surface area (Å²) in [5.41, 5.74) is 0. The Labute approximate surface area is 113 Å². The summed E-state index contributed by atoms with van der Waals surface area (Å²) in [5, 5.41) is 1.31. The highest BCUT2D eigenvalue weighted by Gasteiger charge is 2.15. The first kappa shape index (κ1) is 11.0. The molecule has 0 saturated heterocycles. The molecule has 84 valence electrons. The van der Waals surface area contributed by atoms with Gasteiger partial charge in [0, 0.05) is 25.4 Å². The maximum atomic E-state index is 3.74. The maximum absolute atomic E-state index is 3.74. The topological polar surface area (TPSA) is 0 Å². The van der Waals surface area contributed by atoms with Crippen LogP contribution in [0.5, 0.6) is 0 Å². The molecule has 17 heavy (non-hydrogen) atoms. The minimum Gasteiger partial charge on any atom is -0.138 e. The lowest BCUT2D eigenvalue weighted by atomic mass is 10.1. The molecule has 0 N–H and O–H groups in total. The van der Waals surface area contributed by atoms with Gasteiger partial charge in [-0.05, 0) is 22.0 Å². The Balaban J connectivity index is 2.14. The van der Waals surface area contributed by atoms with Crippen LogP contribution in [0.2, 0.25) is 0 Å². The van der Waals surface area contributed by atoms with Crippen molar-refractivity contribution in [3.05, 3.63) is 70.1 Å². The molecule has 0 spiro atoms.